The summed E-state index contributed by atoms with van der Waals surface area (Å²) in [7, 11) is 2.81. The van der Waals surface area contributed by atoms with Gasteiger partial charge in [0.15, 0.2) is 0 Å². The fraction of sp³-hybridized carbons (Fsp3) is 0.625. The first kappa shape index (κ1) is 13.7. The van der Waals surface area contributed by atoms with Gasteiger partial charge in [-0.25, -0.2) is 4.79 Å². The van der Waals surface area contributed by atoms with E-state index < -0.39 is 18.0 Å². The van der Waals surface area contributed by atoms with Gasteiger partial charge in [0.05, 0.1) is 0 Å². The normalized spacial score (nSPS) is 11.6. The first-order valence-electron chi connectivity index (χ1n) is 4.68. The van der Waals surface area contributed by atoms with Gasteiger partial charge in [0.1, 0.15) is 0 Å². The topological polar surface area (TPSA) is 43.1 Å². The molecule has 0 aliphatic rings. The first-order chi connectivity index (χ1) is 7.70. The standard InChI is InChI=1S/C8H11F3N4OS/c1-4-14-5(8(9,10)11)12-15(7(14)17)6(16)13(2)3/h4H2,1-3H3. The average Bonchev–Trinajstić information content (AvgIpc) is 2.53. The highest BCUT2D eigenvalue weighted by Gasteiger charge is 2.38. The van der Waals surface area contributed by atoms with Gasteiger partial charge in [-0.05, 0) is 19.1 Å². The highest BCUT2D eigenvalue weighted by atomic mass is 32.1. The van der Waals surface area contributed by atoms with Crippen molar-refractivity contribution in [3.8, 4) is 0 Å². The largest absolute Gasteiger partial charge is 0.451 e. The number of halogens is 3. The van der Waals surface area contributed by atoms with Gasteiger partial charge >= 0.3 is 12.2 Å². The van der Waals surface area contributed by atoms with Crippen LogP contribution in [0.15, 0.2) is 0 Å². The van der Waals surface area contributed by atoms with E-state index in [1.165, 1.54) is 21.0 Å². The van der Waals surface area contributed by atoms with Crippen LogP contribution in [-0.2, 0) is 12.7 Å². The summed E-state index contributed by atoms with van der Waals surface area (Å²) in [5.74, 6) is -1.17. The summed E-state index contributed by atoms with van der Waals surface area (Å²) in [4.78, 5) is 12.7. The molecular weight excluding hydrogens is 257 g/mol. The summed E-state index contributed by atoms with van der Waals surface area (Å²) in [6, 6.07) is -0.715. The second kappa shape index (κ2) is 4.47. The molecule has 0 unspecified atom stereocenters. The number of rotatable bonds is 1. The van der Waals surface area contributed by atoms with Crippen LogP contribution in [0, 0.1) is 4.77 Å². The van der Waals surface area contributed by atoms with Crippen molar-refractivity contribution < 1.29 is 18.0 Å². The van der Waals surface area contributed by atoms with Gasteiger partial charge in [0.2, 0.25) is 10.6 Å². The van der Waals surface area contributed by atoms with E-state index in [1.54, 1.807) is 0 Å². The summed E-state index contributed by atoms with van der Waals surface area (Å²) < 4.78 is 39.0. The maximum Gasteiger partial charge on any atom is 0.451 e. The van der Waals surface area contributed by atoms with Crippen LogP contribution in [0.5, 0.6) is 0 Å². The Labute approximate surface area is 100 Å². The van der Waals surface area contributed by atoms with E-state index in [9.17, 15) is 18.0 Å². The predicted octanol–water partition coefficient (Wildman–Crippen LogP) is 1.98. The lowest BCUT2D eigenvalue weighted by atomic mass is 10.5. The first-order valence-corrected chi connectivity index (χ1v) is 5.09. The molecule has 0 aliphatic heterocycles. The summed E-state index contributed by atoms with van der Waals surface area (Å²) in [5, 5.41) is 3.23. The molecule has 1 heterocycles. The lowest BCUT2D eigenvalue weighted by Gasteiger charge is -2.08. The van der Waals surface area contributed by atoms with E-state index in [4.69, 9.17) is 12.2 Å². The molecule has 0 atom stereocenters. The molecule has 5 nitrogen and oxygen atoms in total. The van der Waals surface area contributed by atoms with Crippen LogP contribution in [0.4, 0.5) is 18.0 Å². The lowest BCUT2D eigenvalue weighted by molar-refractivity contribution is -0.147. The Kier molecular flexibility index (Phi) is 3.60. The van der Waals surface area contributed by atoms with Crippen LogP contribution in [0.1, 0.15) is 12.7 Å². The van der Waals surface area contributed by atoms with Gasteiger partial charge in [-0.3, -0.25) is 4.57 Å². The van der Waals surface area contributed by atoms with Gasteiger partial charge in [-0.15, -0.1) is 5.10 Å². The number of alkyl halides is 3. The van der Waals surface area contributed by atoms with Crippen molar-refractivity contribution in [2.24, 2.45) is 0 Å². The number of amides is 1. The quantitative estimate of drug-likeness (QED) is 0.731. The van der Waals surface area contributed by atoms with Crippen molar-refractivity contribution >= 4 is 18.2 Å². The van der Waals surface area contributed by atoms with Crippen molar-refractivity contribution in [3.05, 3.63) is 10.6 Å². The molecule has 9 heteroatoms. The molecule has 96 valence electrons. The van der Waals surface area contributed by atoms with Crippen molar-refractivity contribution in [2.45, 2.75) is 19.6 Å². The van der Waals surface area contributed by atoms with Gasteiger partial charge in [-0.1, -0.05) is 0 Å². The average molecular weight is 268 g/mol. The minimum Gasteiger partial charge on any atom is -0.329 e. The van der Waals surface area contributed by atoms with E-state index in [-0.39, 0.29) is 11.3 Å². The van der Waals surface area contributed by atoms with Gasteiger partial charge in [0, 0.05) is 20.6 Å². The Morgan fingerprint density at radius 3 is 2.29 bits per heavy atom. The molecule has 17 heavy (non-hydrogen) atoms. The fourth-order valence-electron chi connectivity index (χ4n) is 1.21. The Balaban J connectivity index is 3.44. The molecule has 0 bridgehead atoms. The predicted molar refractivity (Wildman–Crippen MR) is 56.2 cm³/mol. The highest BCUT2D eigenvalue weighted by Crippen LogP contribution is 2.28. The third-order valence-electron chi connectivity index (χ3n) is 2.00. The Morgan fingerprint density at radius 2 is 2.00 bits per heavy atom. The minimum atomic E-state index is -4.64. The molecule has 0 saturated heterocycles. The van der Waals surface area contributed by atoms with Crippen molar-refractivity contribution in [1.29, 1.82) is 0 Å². The zero-order valence-corrected chi connectivity index (χ0v) is 10.3. The van der Waals surface area contributed by atoms with Crippen LogP contribution >= 0.6 is 12.2 Å². The number of nitrogens with zero attached hydrogens (tertiary/aromatic N) is 4. The molecule has 1 aromatic rings. The fourth-order valence-corrected chi connectivity index (χ4v) is 1.54. The molecule has 1 amide bonds. The van der Waals surface area contributed by atoms with E-state index >= 15 is 0 Å². The van der Waals surface area contributed by atoms with Crippen LogP contribution in [0.2, 0.25) is 0 Å². The van der Waals surface area contributed by atoms with Crippen LogP contribution < -0.4 is 0 Å². The molecule has 0 aromatic carbocycles. The Hall–Kier alpha value is -1.38. The molecular formula is C8H11F3N4OS. The van der Waals surface area contributed by atoms with Crippen LogP contribution in [-0.4, -0.2) is 39.4 Å². The maximum atomic E-state index is 12.6. The summed E-state index contributed by atoms with van der Waals surface area (Å²) >= 11 is 4.79. The zero-order valence-electron chi connectivity index (χ0n) is 9.45. The van der Waals surface area contributed by atoms with Gasteiger partial charge in [0.25, 0.3) is 0 Å². The molecule has 0 radical (unpaired) electrons. The molecule has 0 saturated carbocycles. The zero-order chi connectivity index (χ0) is 13.4. The highest BCUT2D eigenvalue weighted by molar-refractivity contribution is 7.71. The van der Waals surface area contributed by atoms with Gasteiger partial charge in [-0.2, -0.15) is 17.9 Å². The van der Waals surface area contributed by atoms with Crippen LogP contribution in [0.25, 0.3) is 0 Å². The number of carbonyl (C=O) groups excluding carboxylic acids is 1. The van der Waals surface area contributed by atoms with Crippen LogP contribution in [0.3, 0.4) is 0 Å². The van der Waals surface area contributed by atoms with Crippen molar-refractivity contribution in [3.63, 3.8) is 0 Å². The van der Waals surface area contributed by atoms with E-state index in [2.05, 4.69) is 5.10 Å². The summed E-state index contributed by atoms with van der Waals surface area (Å²) in [6.07, 6.45) is -4.64. The maximum absolute atomic E-state index is 12.6. The molecule has 0 aliphatic carbocycles. The third-order valence-corrected chi connectivity index (χ3v) is 2.39. The second-order valence-electron chi connectivity index (χ2n) is 3.44. The third kappa shape index (κ3) is 2.48. The summed E-state index contributed by atoms with van der Waals surface area (Å²) in [5.41, 5.74) is 0. The Bertz CT molecular complexity index is 488. The summed E-state index contributed by atoms with van der Waals surface area (Å²) in [6.45, 7) is 1.49. The Morgan fingerprint density at radius 1 is 1.47 bits per heavy atom. The molecule has 1 aromatic heterocycles. The number of hydrogen-bond donors (Lipinski definition) is 0. The SMILES string of the molecule is CCn1c(C(F)(F)F)nn(C(=O)N(C)C)c1=S. The molecule has 1 rings (SSSR count). The monoisotopic (exact) mass is 268 g/mol. The molecule has 0 fully saturated rings. The van der Waals surface area contributed by atoms with E-state index in [0.29, 0.717) is 4.68 Å². The number of aromatic nitrogens is 3. The van der Waals surface area contributed by atoms with E-state index in [0.717, 1.165) is 9.47 Å². The van der Waals surface area contributed by atoms with Gasteiger partial charge < -0.3 is 4.90 Å². The lowest BCUT2D eigenvalue weighted by Crippen LogP contribution is -2.28. The number of carbonyl (C=O) groups is 1. The smallest absolute Gasteiger partial charge is 0.329 e. The van der Waals surface area contributed by atoms with E-state index in [1.807, 2.05) is 0 Å². The number of hydrogen-bond acceptors (Lipinski definition) is 3. The molecule has 0 spiro atoms. The minimum absolute atomic E-state index is 0.00557. The van der Waals surface area contributed by atoms with Crippen molar-refractivity contribution in [2.75, 3.05) is 14.1 Å². The molecule has 0 N–H and O–H groups in total. The second-order valence-corrected chi connectivity index (χ2v) is 3.80. The van der Waals surface area contributed by atoms with Crippen molar-refractivity contribution in [1.82, 2.24) is 19.2 Å².